The number of aromatic nitrogens is 3. The first-order valence-corrected chi connectivity index (χ1v) is 6.36. The number of thiophene rings is 1. The highest BCUT2D eigenvalue weighted by Crippen LogP contribution is 2.34. The van der Waals surface area contributed by atoms with Crippen LogP contribution in [0.3, 0.4) is 0 Å². The van der Waals surface area contributed by atoms with Crippen LogP contribution in [0.2, 0.25) is 0 Å². The van der Waals surface area contributed by atoms with Crippen molar-refractivity contribution in [1.29, 1.82) is 0 Å². The molecule has 2 aromatic rings. The average Bonchev–Trinajstić information content (AvgIpc) is 2.73. The Balaban J connectivity index is 2.49. The normalized spacial score (nSPS) is 11.3. The number of hydrogen-bond acceptors (Lipinski definition) is 3. The average molecular weight is 286 g/mol. The Morgan fingerprint density at radius 2 is 2.20 bits per heavy atom. The third kappa shape index (κ3) is 1.99. The van der Waals surface area contributed by atoms with Crippen LogP contribution >= 0.6 is 27.3 Å². The van der Waals surface area contributed by atoms with Crippen molar-refractivity contribution in [2.45, 2.75) is 26.8 Å². The van der Waals surface area contributed by atoms with Crippen LogP contribution in [0.5, 0.6) is 0 Å². The first-order chi connectivity index (χ1) is 7.09. The lowest BCUT2D eigenvalue weighted by Crippen LogP contribution is -2.00. The van der Waals surface area contributed by atoms with Crippen molar-refractivity contribution in [2.75, 3.05) is 0 Å². The first kappa shape index (κ1) is 10.8. The number of nitrogens with zero attached hydrogens (tertiary/aromatic N) is 3. The molecule has 0 bridgehead atoms. The second-order valence-corrected chi connectivity index (χ2v) is 6.09. The summed E-state index contributed by atoms with van der Waals surface area (Å²) < 4.78 is 3.24. The van der Waals surface area contributed by atoms with E-state index < -0.39 is 0 Å². The van der Waals surface area contributed by atoms with Crippen molar-refractivity contribution in [3.05, 3.63) is 21.7 Å². The number of hydrogen-bond donors (Lipinski definition) is 0. The molecule has 0 aliphatic carbocycles. The van der Waals surface area contributed by atoms with E-state index in [1.54, 1.807) is 17.7 Å². The van der Waals surface area contributed by atoms with E-state index in [1.165, 1.54) is 5.56 Å². The van der Waals surface area contributed by atoms with Crippen molar-refractivity contribution in [1.82, 2.24) is 14.8 Å². The van der Waals surface area contributed by atoms with Gasteiger partial charge in [-0.15, -0.1) is 21.5 Å². The molecule has 0 atom stereocenters. The Labute approximate surface area is 101 Å². The maximum absolute atomic E-state index is 4.16. The molecule has 0 saturated carbocycles. The molecule has 5 heteroatoms. The molecule has 2 rings (SSSR count). The molecule has 2 heterocycles. The Bertz CT molecular complexity index is 453. The van der Waals surface area contributed by atoms with Crippen LogP contribution in [-0.2, 0) is 0 Å². The van der Waals surface area contributed by atoms with Crippen LogP contribution < -0.4 is 0 Å². The zero-order valence-corrected chi connectivity index (χ0v) is 11.3. The van der Waals surface area contributed by atoms with Gasteiger partial charge in [-0.1, -0.05) is 0 Å². The summed E-state index contributed by atoms with van der Waals surface area (Å²) in [6.45, 7) is 6.34. The lowest BCUT2D eigenvalue weighted by molar-refractivity contribution is 0.604. The van der Waals surface area contributed by atoms with Gasteiger partial charge in [0.25, 0.3) is 0 Å². The second-order valence-electron chi connectivity index (χ2n) is 3.72. The molecule has 3 nitrogen and oxygen atoms in total. The first-order valence-electron chi connectivity index (χ1n) is 4.75. The molecule has 0 saturated heterocycles. The van der Waals surface area contributed by atoms with Crippen LogP contribution in [0.4, 0.5) is 0 Å². The summed E-state index contributed by atoms with van der Waals surface area (Å²) in [5, 5.41) is 8.13. The fourth-order valence-corrected chi connectivity index (χ4v) is 2.89. The molecule has 0 aliphatic heterocycles. The third-order valence-electron chi connectivity index (χ3n) is 2.21. The summed E-state index contributed by atoms with van der Waals surface area (Å²) in [5.41, 5.74) is 1.24. The maximum atomic E-state index is 4.16. The summed E-state index contributed by atoms with van der Waals surface area (Å²) in [5.74, 6) is 0.948. The van der Waals surface area contributed by atoms with Crippen molar-refractivity contribution in [3.8, 4) is 10.7 Å². The Kier molecular flexibility index (Phi) is 2.93. The molecule has 15 heavy (non-hydrogen) atoms. The predicted molar refractivity (Wildman–Crippen MR) is 66.2 cm³/mol. The molecule has 0 N–H and O–H groups in total. The smallest absolute Gasteiger partial charge is 0.174 e. The fraction of sp³-hybridized carbons (Fsp3) is 0.400. The molecule has 2 aromatic heterocycles. The van der Waals surface area contributed by atoms with Crippen molar-refractivity contribution >= 4 is 27.3 Å². The van der Waals surface area contributed by atoms with E-state index in [1.807, 2.05) is 0 Å². The summed E-state index contributed by atoms with van der Waals surface area (Å²) in [7, 11) is 0. The molecular weight excluding hydrogens is 274 g/mol. The van der Waals surface area contributed by atoms with Crippen molar-refractivity contribution in [2.24, 2.45) is 0 Å². The molecule has 0 radical (unpaired) electrons. The molecular formula is C10H12BrN3S. The van der Waals surface area contributed by atoms with Gasteiger partial charge >= 0.3 is 0 Å². The monoisotopic (exact) mass is 285 g/mol. The second kappa shape index (κ2) is 4.06. The third-order valence-corrected chi connectivity index (χ3v) is 4.34. The molecule has 0 spiro atoms. The molecule has 0 aliphatic rings. The van der Waals surface area contributed by atoms with Crippen molar-refractivity contribution in [3.63, 3.8) is 0 Å². The fourth-order valence-electron chi connectivity index (χ4n) is 1.37. The van der Waals surface area contributed by atoms with E-state index in [0.29, 0.717) is 6.04 Å². The van der Waals surface area contributed by atoms with Gasteiger partial charge in [0.1, 0.15) is 6.33 Å². The molecule has 80 valence electrons. The number of halogens is 1. The van der Waals surface area contributed by atoms with Crippen LogP contribution in [0, 0.1) is 6.92 Å². The van der Waals surface area contributed by atoms with Gasteiger partial charge in [-0.2, -0.15) is 0 Å². The minimum absolute atomic E-state index is 0.385. The number of aryl methyl sites for hydroxylation is 1. The van der Waals surface area contributed by atoms with Crippen LogP contribution in [0.1, 0.15) is 25.5 Å². The van der Waals surface area contributed by atoms with Gasteiger partial charge in [-0.05, 0) is 48.3 Å². The van der Waals surface area contributed by atoms with Gasteiger partial charge in [-0.3, -0.25) is 0 Å². The highest BCUT2D eigenvalue weighted by atomic mass is 79.9. The van der Waals surface area contributed by atoms with E-state index >= 15 is 0 Å². The van der Waals surface area contributed by atoms with Gasteiger partial charge in [0.2, 0.25) is 0 Å². The predicted octanol–water partition coefficient (Wildman–Crippen LogP) is 3.66. The molecule has 0 fully saturated rings. The minimum atomic E-state index is 0.385. The summed E-state index contributed by atoms with van der Waals surface area (Å²) in [6.07, 6.45) is 1.78. The quantitative estimate of drug-likeness (QED) is 0.843. The van der Waals surface area contributed by atoms with Crippen LogP contribution in [0.25, 0.3) is 10.7 Å². The SMILES string of the molecule is Cc1cc(-c2nncn2C(C)C)sc1Br. The zero-order valence-electron chi connectivity index (χ0n) is 8.86. The molecule has 0 aromatic carbocycles. The molecule has 0 amide bonds. The summed E-state index contributed by atoms with van der Waals surface area (Å²) in [4.78, 5) is 1.16. The lowest BCUT2D eigenvalue weighted by Gasteiger charge is -2.07. The zero-order chi connectivity index (χ0) is 11.0. The lowest BCUT2D eigenvalue weighted by atomic mass is 10.3. The highest BCUT2D eigenvalue weighted by Gasteiger charge is 2.13. The van der Waals surface area contributed by atoms with E-state index in [0.717, 1.165) is 14.5 Å². The van der Waals surface area contributed by atoms with E-state index in [2.05, 4.69) is 57.5 Å². The maximum Gasteiger partial charge on any atom is 0.174 e. The van der Waals surface area contributed by atoms with E-state index in [-0.39, 0.29) is 0 Å². The minimum Gasteiger partial charge on any atom is -0.310 e. The van der Waals surface area contributed by atoms with E-state index in [9.17, 15) is 0 Å². The van der Waals surface area contributed by atoms with Crippen LogP contribution in [-0.4, -0.2) is 14.8 Å². The van der Waals surface area contributed by atoms with Crippen LogP contribution in [0.15, 0.2) is 16.2 Å². The Hall–Kier alpha value is -0.680. The van der Waals surface area contributed by atoms with E-state index in [4.69, 9.17) is 0 Å². The largest absolute Gasteiger partial charge is 0.310 e. The standard InChI is InChI=1S/C10H12BrN3S/c1-6(2)14-5-12-13-10(14)8-4-7(3)9(11)15-8/h4-6H,1-3H3. The summed E-state index contributed by atoms with van der Waals surface area (Å²) >= 11 is 5.22. The van der Waals surface area contributed by atoms with Gasteiger partial charge in [0.15, 0.2) is 5.82 Å². The van der Waals surface area contributed by atoms with Gasteiger partial charge in [-0.25, -0.2) is 0 Å². The van der Waals surface area contributed by atoms with Gasteiger partial charge in [0, 0.05) is 6.04 Å². The van der Waals surface area contributed by atoms with Crippen molar-refractivity contribution < 1.29 is 0 Å². The summed E-state index contributed by atoms with van der Waals surface area (Å²) in [6, 6.07) is 2.52. The Morgan fingerprint density at radius 1 is 1.47 bits per heavy atom. The Morgan fingerprint density at radius 3 is 2.73 bits per heavy atom. The highest BCUT2D eigenvalue weighted by molar-refractivity contribution is 9.11. The van der Waals surface area contributed by atoms with Gasteiger partial charge in [0.05, 0.1) is 8.66 Å². The van der Waals surface area contributed by atoms with Gasteiger partial charge < -0.3 is 4.57 Å². The molecule has 0 unspecified atom stereocenters. The number of rotatable bonds is 2. The topological polar surface area (TPSA) is 30.7 Å².